The first-order valence-electron chi connectivity index (χ1n) is 15.7. The third kappa shape index (κ3) is 5.06. The van der Waals surface area contributed by atoms with E-state index in [1.165, 1.54) is 13.5 Å². The van der Waals surface area contributed by atoms with Crippen LogP contribution < -0.4 is 15.4 Å². The van der Waals surface area contributed by atoms with Crippen molar-refractivity contribution in [1.82, 2.24) is 25.1 Å². The van der Waals surface area contributed by atoms with Gasteiger partial charge in [-0.25, -0.2) is 9.97 Å². The summed E-state index contributed by atoms with van der Waals surface area (Å²) in [7, 11) is 5.36. The molecule has 242 valence electrons. The molecule has 2 aromatic carbocycles. The Kier molecular flexibility index (Phi) is 7.26. The van der Waals surface area contributed by atoms with Crippen molar-refractivity contribution in [3.63, 3.8) is 0 Å². The standard InChI is InChI=1S/C34H37F3N6O3/c1-42-16-15-32(42)11-9-22(10-12-32)39-29(44)21-7-8-25(27(18-21)46-3)40-31-38-19-24(34(35,36)37)26(41-31)17-20-5-4-6-23-28(20)30(45)43(2)33(23)13-14-33/h4-8,18-19,22H,9-17H2,1-3H3,(H,39,44)(H,38,40,41). The van der Waals surface area contributed by atoms with Crippen molar-refractivity contribution in [2.75, 3.05) is 33.1 Å². The maximum absolute atomic E-state index is 14.1. The smallest absolute Gasteiger partial charge is 0.419 e. The van der Waals surface area contributed by atoms with Gasteiger partial charge >= 0.3 is 6.18 Å². The van der Waals surface area contributed by atoms with Gasteiger partial charge in [0, 0.05) is 48.9 Å². The second-order valence-corrected chi connectivity index (χ2v) is 13.1. The van der Waals surface area contributed by atoms with Crippen LogP contribution in [0.4, 0.5) is 24.8 Å². The minimum atomic E-state index is -4.69. The first-order valence-corrected chi connectivity index (χ1v) is 15.7. The Balaban J connectivity index is 1.10. The lowest BCUT2D eigenvalue weighted by molar-refractivity contribution is -0.138. The predicted molar refractivity (Wildman–Crippen MR) is 165 cm³/mol. The number of hydrogen-bond acceptors (Lipinski definition) is 7. The Bertz CT molecular complexity index is 1710. The van der Waals surface area contributed by atoms with Crippen LogP contribution in [0, 0.1) is 0 Å². The SMILES string of the molecule is COc1cc(C(=O)NC2CCC3(CC2)CCN3C)ccc1Nc1ncc(C(F)(F)F)c(Cc2cccc3c2C(=O)N(C)C32CC2)n1. The zero-order valence-electron chi connectivity index (χ0n) is 26.1. The minimum Gasteiger partial charge on any atom is -0.495 e. The average Bonchev–Trinajstić information content (AvgIpc) is 3.82. The van der Waals surface area contributed by atoms with Gasteiger partial charge in [-0.15, -0.1) is 0 Å². The van der Waals surface area contributed by atoms with Gasteiger partial charge in [-0.3, -0.25) is 9.59 Å². The number of benzene rings is 2. The Labute approximate surface area is 265 Å². The number of nitrogens with one attached hydrogen (secondary N) is 2. The number of methoxy groups -OCH3 is 1. The molecule has 46 heavy (non-hydrogen) atoms. The molecule has 0 atom stereocenters. The fourth-order valence-corrected chi connectivity index (χ4v) is 7.59. The molecule has 12 heteroatoms. The van der Waals surface area contributed by atoms with Gasteiger partial charge in [0.25, 0.3) is 11.8 Å². The van der Waals surface area contributed by atoms with E-state index in [9.17, 15) is 22.8 Å². The minimum absolute atomic E-state index is 0.0646. The highest BCUT2D eigenvalue weighted by molar-refractivity contribution is 6.02. The summed E-state index contributed by atoms with van der Waals surface area (Å²) >= 11 is 0. The first kappa shape index (κ1) is 30.5. The van der Waals surface area contributed by atoms with Gasteiger partial charge in [-0.1, -0.05) is 18.2 Å². The lowest BCUT2D eigenvalue weighted by Crippen LogP contribution is -2.60. The maximum atomic E-state index is 14.1. The molecule has 2 saturated carbocycles. The van der Waals surface area contributed by atoms with E-state index in [1.54, 1.807) is 42.3 Å². The molecule has 3 aromatic rings. The molecule has 0 bridgehead atoms. The number of halogens is 3. The number of fused-ring (bicyclic) bond motifs is 2. The number of ether oxygens (including phenoxy) is 1. The molecule has 2 aliphatic heterocycles. The van der Waals surface area contributed by atoms with E-state index < -0.39 is 11.7 Å². The van der Waals surface area contributed by atoms with Gasteiger partial charge in [0.2, 0.25) is 5.95 Å². The molecule has 4 aliphatic rings. The monoisotopic (exact) mass is 634 g/mol. The molecule has 1 saturated heterocycles. The second-order valence-electron chi connectivity index (χ2n) is 13.1. The quantitative estimate of drug-likeness (QED) is 0.346. The Hall–Kier alpha value is -4.19. The number of amides is 2. The number of carbonyl (C=O) groups excluding carboxylic acids is 2. The van der Waals surface area contributed by atoms with Gasteiger partial charge in [0.15, 0.2) is 0 Å². The van der Waals surface area contributed by atoms with Crippen molar-refractivity contribution >= 4 is 23.5 Å². The van der Waals surface area contributed by atoms with Crippen molar-refractivity contribution in [2.45, 2.75) is 74.7 Å². The summed E-state index contributed by atoms with van der Waals surface area (Å²) in [6.07, 6.45) is 2.75. The van der Waals surface area contributed by atoms with Crippen LogP contribution in [0.15, 0.2) is 42.6 Å². The van der Waals surface area contributed by atoms with Crippen LogP contribution in [-0.4, -0.2) is 70.9 Å². The fourth-order valence-electron chi connectivity index (χ4n) is 7.59. The van der Waals surface area contributed by atoms with Gasteiger partial charge in [-0.05, 0) is 81.3 Å². The van der Waals surface area contributed by atoms with Crippen molar-refractivity contribution in [3.05, 3.63) is 76.1 Å². The summed E-state index contributed by atoms with van der Waals surface area (Å²) in [5.74, 6) is -0.133. The Morgan fingerprint density at radius 2 is 1.85 bits per heavy atom. The van der Waals surface area contributed by atoms with E-state index in [-0.39, 0.29) is 41.5 Å². The van der Waals surface area contributed by atoms with Gasteiger partial charge in [0.1, 0.15) is 5.75 Å². The lowest BCUT2D eigenvalue weighted by Gasteiger charge is -2.54. The average molecular weight is 635 g/mol. The van der Waals surface area contributed by atoms with E-state index >= 15 is 0 Å². The van der Waals surface area contributed by atoms with Crippen LogP contribution >= 0.6 is 0 Å². The second kappa shape index (κ2) is 11.0. The Morgan fingerprint density at radius 1 is 1.09 bits per heavy atom. The lowest BCUT2D eigenvalue weighted by atomic mass is 9.71. The molecular formula is C34H37F3N6O3. The fraction of sp³-hybridized carbons (Fsp3) is 0.471. The molecular weight excluding hydrogens is 597 g/mol. The van der Waals surface area contributed by atoms with Crippen LogP contribution in [0.1, 0.15) is 88.0 Å². The zero-order chi connectivity index (χ0) is 32.4. The summed E-state index contributed by atoms with van der Waals surface area (Å²) in [5, 5.41) is 6.12. The zero-order valence-corrected chi connectivity index (χ0v) is 26.1. The molecule has 9 nitrogen and oxygen atoms in total. The number of rotatable bonds is 7. The van der Waals surface area contributed by atoms with E-state index in [4.69, 9.17) is 4.74 Å². The summed E-state index contributed by atoms with van der Waals surface area (Å²) in [5.41, 5.74) is 1.37. The molecule has 2 aliphatic carbocycles. The highest BCUT2D eigenvalue weighted by atomic mass is 19.4. The maximum Gasteiger partial charge on any atom is 0.419 e. The summed E-state index contributed by atoms with van der Waals surface area (Å²) in [6, 6.07) is 10.3. The summed E-state index contributed by atoms with van der Waals surface area (Å²) in [4.78, 5) is 38.7. The molecule has 3 heterocycles. The first-order chi connectivity index (χ1) is 21.9. The molecule has 3 fully saturated rings. The molecule has 2 spiro atoms. The van der Waals surface area contributed by atoms with E-state index in [1.807, 2.05) is 6.07 Å². The van der Waals surface area contributed by atoms with Crippen LogP contribution in [-0.2, 0) is 18.1 Å². The van der Waals surface area contributed by atoms with Crippen LogP contribution in [0.3, 0.4) is 0 Å². The van der Waals surface area contributed by atoms with E-state index in [0.717, 1.165) is 56.8 Å². The number of carbonyl (C=O) groups is 2. The molecule has 2 N–H and O–H groups in total. The van der Waals surface area contributed by atoms with Gasteiger partial charge in [0.05, 0.1) is 29.6 Å². The topological polar surface area (TPSA) is 99.7 Å². The highest BCUT2D eigenvalue weighted by Gasteiger charge is 2.56. The largest absolute Gasteiger partial charge is 0.495 e. The van der Waals surface area contributed by atoms with Crippen LogP contribution in [0.2, 0.25) is 0 Å². The van der Waals surface area contributed by atoms with E-state index in [2.05, 4.69) is 32.5 Å². The van der Waals surface area contributed by atoms with Crippen molar-refractivity contribution in [3.8, 4) is 5.75 Å². The van der Waals surface area contributed by atoms with Crippen molar-refractivity contribution in [2.24, 2.45) is 0 Å². The van der Waals surface area contributed by atoms with Gasteiger partial charge < -0.3 is 25.2 Å². The summed E-state index contributed by atoms with van der Waals surface area (Å²) < 4.78 is 47.8. The number of anilines is 2. The molecule has 0 unspecified atom stereocenters. The molecule has 0 radical (unpaired) electrons. The molecule has 1 aromatic heterocycles. The summed E-state index contributed by atoms with van der Waals surface area (Å²) in [6.45, 7) is 1.13. The molecule has 2 amide bonds. The predicted octanol–water partition coefficient (Wildman–Crippen LogP) is 5.66. The van der Waals surface area contributed by atoms with Crippen molar-refractivity contribution in [1.29, 1.82) is 0 Å². The van der Waals surface area contributed by atoms with Crippen LogP contribution in [0.5, 0.6) is 5.75 Å². The Morgan fingerprint density at radius 3 is 2.48 bits per heavy atom. The number of nitrogens with zero attached hydrogens (tertiary/aromatic N) is 4. The number of likely N-dealkylation sites (tertiary alicyclic amines) is 1. The van der Waals surface area contributed by atoms with E-state index in [0.29, 0.717) is 33.7 Å². The number of aromatic nitrogens is 2. The van der Waals surface area contributed by atoms with Crippen molar-refractivity contribution < 1.29 is 27.5 Å². The molecule has 7 rings (SSSR count). The third-order valence-corrected chi connectivity index (χ3v) is 10.8. The van der Waals surface area contributed by atoms with Crippen LogP contribution in [0.25, 0.3) is 0 Å². The highest BCUT2D eigenvalue weighted by Crippen LogP contribution is 2.56. The number of hydrogen-bond donors (Lipinski definition) is 2. The third-order valence-electron chi connectivity index (χ3n) is 10.8. The normalized spacial score (nSPS) is 23.3. The van der Waals surface area contributed by atoms with Gasteiger partial charge in [-0.2, -0.15) is 13.2 Å². The number of alkyl halides is 3.